The molecule has 9 heteroatoms. The van der Waals surface area contributed by atoms with Crippen molar-refractivity contribution in [1.29, 1.82) is 0 Å². The molecule has 0 saturated carbocycles. The zero-order valence-electron chi connectivity index (χ0n) is 10.7. The van der Waals surface area contributed by atoms with Crippen LogP contribution in [0.15, 0.2) is 28.7 Å². The molecule has 2 aromatic rings. The third-order valence-corrected chi connectivity index (χ3v) is 5.90. The van der Waals surface area contributed by atoms with E-state index in [1.54, 1.807) is 16.9 Å². The molecule has 2 heterocycles. The van der Waals surface area contributed by atoms with Crippen molar-refractivity contribution < 1.29 is 8.42 Å². The average Bonchev–Trinajstić information content (AvgIpc) is 2.98. The molecule has 0 radical (unpaired) electrons. The van der Waals surface area contributed by atoms with Crippen molar-refractivity contribution in [3.63, 3.8) is 0 Å². The molecule has 3 N–H and O–H groups in total. The van der Waals surface area contributed by atoms with Gasteiger partial charge in [0.05, 0.1) is 17.6 Å². The van der Waals surface area contributed by atoms with Crippen LogP contribution in [0, 0.1) is 6.92 Å². The van der Waals surface area contributed by atoms with Gasteiger partial charge in [-0.1, -0.05) is 12.2 Å². The lowest BCUT2D eigenvalue weighted by Crippen LogP contribution is -2.27. The minimum Gasteiger partial charge on any atom is -0.389 e. The van der Waals surface area contributed by atoms with Crippen LogP contribution in [0.25, 0.3) is 0 Å². The van der Waals surface area contributed by atoms with Crippen LogP contribution in [0.4, 0.5) is 0 Å². The zero-order chi connectivity index (χ0) is 14.8. The molecule has 0 bridgehead atoms. The van der Waals surface area contributed by atoms with Crippen molar-refractivity contribution in [2.75, 3.05) is 6.54 Å². The van der Waals surface area contributed by atoms with Crippen LogP contribution in [0.3, 0.4) is 0 Å². The minimum absolute atomic E-state index is 0.198. The molecule has 0 spiro atoms. The fraction of sp³-hybridized carbons (Fsp3) is 0.273. The topological polar surface area (TPSA) is 90.0 Å². The summed E-state index contributed by atoms with van der Waals surface area (Å²) in [4.78, 5) is 0.784. The first-order valence-electron chi connectivity index (χ1n) is 5.77. The van der Waals surface area contributed by atoms with E-state index in [2.05, 4.69) is 9.82 Å². The Morgan fingerprint density at radius 3 is 2.85 bits per heavy atom. The first-order valence-corrected chi connectivity index (χ1v) is 8.47. The van der Waals surface area contributed by atoms with Crippen LogP contribution >= 0.6 is 23.6 Å². The molecule has 0 aromatic carbocycles. The Morgan fingerprint density at radius 2 is 2.30 bits per heavy atom. The summed E-state index contributed by atoms with van der Waals surface area (Å²) in [6, 6.07) is 3.11. The summed E-state index contributed by atoms with van der Waals surface area (Å²) in [7, 11) is -3.52. The van der Waals surface area contributed by atoms with Gasteiger partial charge in [0, 0.05) is 12.7 Å². The number of rotatable bonds is 6. The van der Waals surface area contributed by atoms with Crippen molar-refractivity contribution in [1.82, 2.24) is 14.5 Å². The molecule has 0 saturated heterocycles. The van der Waals surface area contributed by atoms with Gasteiger partial charge in [-0.3, -0.25) is 4.68 Å². The molecule has 2 rings (SSSR count). The molecular weight excluding hydrogens is 316 g/mol. The van der Waals surface area contributed by atoms with E-state index in [1.165, 1.54) is 6.07 Å². The lowest BCUT2D eigenvalue weighted by atomic mass is 10.4. The summed E-state index contributed by atoms with van der Waals surface area (Å²) in [6.07, 6.45) is 3.58. The Kier molecular flexibility index (Phi) is 4.53. The second kappa shape index (κ2) is 6.00. The fourth-order valence-electron chi connectivity index (χ4n) is 1.55. The number of aromatic nitrogens is 2. The molecule has 108 valence electrons. The third kappa shape index (κ3) is 3.63. The number of nitrogens with one attached hydrogen (secondary N) is 1. The maximum Gasteiger partial charge on any atom is 0.250 e. The number of nitrogens with two attached hydrogens (primary N) is 1. The Balaban J connectivity index is 1.98. The fourth-order valence-corrected chi connectivity index (χ4v) is 3.97. The van der Waals surface area contributed by atoms with Crippen molar-refractivity contribution in [2.24, 2.45) is 5.73 Å². The molecule has 0 fully saturated rings. The van der Waals surface area contributed by atoms with Gasteiger partial charge < -0.3 is 5.73 Å². The Labute approximate surface area is 126 Å². The lowest BCUT2D eigenvalue weighted by Gasteiger charge is -2.04. The van der Waals surface area contributed by atoms with Crippen molar-refractivity contribution in [2.45, 2.75) is 17.7 Å². The van der Waals surface area contributed by atoms with Gasteiger partial charge in [-0.25, -0.2) is 13.1 Å². The first kappa shape index (κ1) is 15.1. The number of thiocarbonyl (C=S) groups is 1. The number of sulfonamides is 1. The second-order valence-corrected chi connectivity index (χ2v) is 7.68. The molecule has 0 aliphatic carbocycles. The van der Waals surface area contributed by atoms with Crippen LogP contribution in [0.1, 0.15) is 10.4 Å². The van der Waals surface area contributed by atoms with Gasteiger partial charge in [-0.15, -0.1) is 11.3 Å². The molecule has 0 atom stereocenters. The summed E-state index contributed by atoms with van der Waals surface area (Å²) in [5, 5.41) is 4.09. The predicted octanol–water partition coefficient (Wildman–Crippen LogP) is 0.866. The van der Waals surface area contributed by atoms with Gasteiger partial charge in [0.25, 0.3) is 0 Å². The highest BCUT2D eigenvalue weighted by molar-refractivity contribution is 7.91. The zero-order valence-corrected chi connectivity index (χ0v) is 13.2. The highest BCUT2D eigenvalue weighted by Gasteiger charge is 2.16. The molecule has 0 aliphatic heterocycles. The standard InChI is InChI=1S/C11H14N4O2S3/c1-8-6-13-15(7-8)5-4-14-20(16,17)10-3-2-9(19-10)11(12)18/h2-3,6-7,14H,4-5H2,1H3,(H2,12,18). The number of aryl methyl sites for hydroxylation is 1. The van der Waals surface area contributed by atoms with Gasteiger partial charge >= 0.3 is 0 Å². The number of nitrogens with zero attached hydrogens (tertiary/aromatic N) is 2. The van der Waals surface area contributed by atoms with Gasteiger partial charge in [0.15, 0.2) is 0 Å². The molecule has 6 nitrogen and oxygen atoms in total. The molecule has 0 unspecified atom stereocenters. The van der Waals surface area contributed by atoms with E-state index in [0.29, 0.717) is 11.4 Å². The van der Waals surface area contributed by atoms with Crippen LogP contribution in [-0.2, 0) is 16.6 Å². The summed E-state index contributed by atoms with van der Waals surface area (Å²) < 4.78 is 28.5. The van der Waals surface area contributed by atoms with Gasteiger partial charge in [-0.05, 0) is 24.6 Å². The predicted molar refractivity (Wildman–Crippen MR) is 82.4 cm³/mol. The SMILES string of the molecule is Cc1cnn(CCNS(=O)(=O)c2ccc(C(N)=S)s2)c1. The Morgan fingerprint density at radius 1 is 1.55 bits per heavy atom. The normalized spacial score (nSPS) is 11.7. The Hall–Kier alpha value is -1.29. The highest BCUT2D eigenvalue weighted by atomic mass is 32.2. The highest BCUT2D eigenvalue weighted by Crippen LogP contribution is 2.21. The summed E-state index contributed by atoms with van der Waals surface area (Å²) in [6.45, 7) is 2.67. The second-order valence-electron chi connectivity index (χ2n) is 4.16. The maximum absolute atomic E-state index is 12.0. The molecule has 0 amide bonds. The molecule has 20 heavy (non-hydrogen) atoms. The maximum atomic E-state index is 12.0. The van der Waals surface area contributed by atoms with E-state index < -0.39 is 10.0 Å². The lowest BCUT2D eigenvalue weighted by molar-refractivity contribution is 0.562. The smallest absolute Gasteiger partial charge is 0.250 e. The number of hydrogen-bond acceptors (Lipinski definition) is 5. The minimum atomic E-state index is -3.52. The summed E-state index contributed by atoms with van der Waals surface area (Å²) in [5.74, 6) is 0. The van der Waals surface area contributed by atoms with E-state index in [9.17, 15) is 8.42 Å². The van der Waals surface area contributed by atoms with Gasteiger partial charge in [-0.2, -0.15) is 5.10 Å². The van der Waals surface area contributed by atoms with E-state index in [-0.39, 0.29) is 15.7 Å². The average molecular weight is 330 g/mol. The van der Waals surface area contributed by atoms with Crippen molar-refractivity contribution >= 4 is 38.6 Å². The molecular formula is C11H14N4O2S3. The summed E-state index contributed by atoms with van der Waals surface area (Å²) >= 11 is 5.87. The quantitative estimate of drug-likeness (QED) is 0.767. The largest absolute Gasteiger partial charge is 0.389 e. The van der Waals surface area contributed by atoms with E-state index in [4.69, 9.17) is 18.0 Å². The van der Waals surface area contributed by atoms with E-state index in [0.717, 1.165) is 16.9 Å². The first-order chi connectivity index (χ1) is 9.38. The Bertz CT molecular complexity index is 718. The van der Waals surface area contributed by atoms with Crippen molar-refractivity contribution in [3.8, 4) is 0 Å². The van der Waals surface area contributed by atoms with Crippen LogP contribution < -0.4 is 10.5 Å². The molecule has 0 aliphatic rings. The van der Waals surface area contributed by atoms with Crippen molar-refractivity contribution in [3.05, 3.63) is 35.0 Å². The summed E-state index contributed by atoms with van der Waals surface area (Å²) in [5.41, 5.74) is 6.50. The number of hydrogen-bond donors (Lipinski definition) is 2. The van der Waals surface area contributed by atoms with E-state index in [1.807, 2.05) is 13.1 Å². The van der Waals surface area contributed by atoms with Crippen LogP contribution in [-0.4, -0.2) is 29.7 Å². The number of thiophene rings is 1. The van der Waals surface area contributed by atoms with Crippen LogP contribution in [0.5, 0.6) is 0 Å². The van der Waals surface area contributed by atoms with Gasteiger partial charge in [0.2, 0.25) is 10.0 Å². The van der Waals surface area contributed by atoms with Gasteiger partial charge in [0.1, 0.15) is 9.20 Å². The molecule has 2 aromatic heterocycles. The van der Waals surface area contributed by atoms with Crippen LogP contribution in [0.2, 0.25) is 0 Å². The third-order valence-electron chi connectivity index (χ3n) is 2.48. The monoisotopic (exact) mass is 330 g/mol. The van der Waals surface area contributed by atoms with E-state index >= 15 is 0 Å².